The Kier molecular flexibility index (Phi) is 4.64. The number of likely N-dealkylation sites (tertiary alicyclic amines) is 1. The van der Waals surface area contributed by atoms with E-state index >= 15 is 0 Å². The topological polar surface area (TPSA) is 38.8 Å². The summed E-state index contributed by atoms with van der Waals surface area (Å²) < 4.78 is 11.0. The highest BCUT2D eigenvalue weighted by molar-refractivity contribution is 5.68. The Balaban J connectivity index is 2.58. The van der Waals surface area contributed by atoms with Crippen LogP contribution in [-0.2, 0) is 9.47 Å². The van der Waals surface area contributed by atoms with Crippen molar-refractivity contribution in [3.8, 4) is 12.3 Å². The number of hydrogen-bond donors (Lipinski definition) is 0. The molecule has 102 valence electrons. The van der Waals surface area contributed by atoms with Crippen molar-refractivity contribution < 1.29 is 14.3 Å². The van der Waals surface area contributed by atoms with Crippen LogP contribution in [0.15, 0.2) is 0 Å². The number of ether oxygens (including phenoxy) is 2. The first-order valence-electron chi connectivity index (χ1n) is 6.31. The summed E-state index contributed by atoms with van der Waals surface area (Å²) in [6.07, 6.45) is 6.74. The molecule has 1 aliphatic rings. The molecule has 4 heteroatoms. The maximum atomic E-state index is 12.0. The average molecular weight is 253 g/mol. The minimum Gasteiger partial charge on any atom is -0.444 e. The van der Waals surface area contributed by atoms with Crippen molar-refractivity contribution in [1.29, 1.82) is 0 Å². The van der Waals surface area contributed by atoms with E-state index in [1.54, 1.807) is 4.90 Å². The maximum Gasteiger partial charge on any atom is 0.410 e. The fourth-order valence-corrected chi connectivity index (χ4v) is 2.02. The lowest BCUT2D eigenvalue weighted by molar-refractivity contribution is -0.0684. The van der Waals surface area contributed by atoms with Crippen LogP contribution in [0.1, 0.15) is 40.5 Å². The predicted octanol–water partition coefficient (Wildman–Crippen LogP) is 2.43. The monoisotopic (exact) mass is 253 g/mol. The summed E-state index contributed by atoms with van der Waals surface area (Å²) in [6, 6.07) is 0. The first kappa shape index (κ1) is 14.8. The molecule has 0 aromatic carbocycles. The molecule has 1 atom stereocenters. The molecule has 1 unspecified atom stereocenters. The molecule has 0 aliphatic carbocycles. The van der Waals surface area contributed by atoms with Crippen molar-refractivity contribution >= 4 is 6.09 Å². The summed E-state index contributed by atoms with van der Waals surface area (Å²) >= 11 is 0. The van der Waals surface area contributed by atoms with Gasteiger partial charge in [0, 0.05) is 6.54 Å². The van der Waals surface area contributed by atoms with Gasteiger partial charge in [-0.05, 0) is 40.5 Å². The zero-order valence-corrected chi connectivity index (χ0v) is 11.8. The molecular weight excluding hydrogens is 230 g/mol. The molecule has 0 saturated carbocycles. The third kappa shape index (κ3) is 4.58. The summed E-state index contributed by atoms with van der Waals surface area (Å²) in [5, 5.41) is 0. The van der Waals surface area contributed by atoms with Crippen LogP contribution < -0.4 is 0 Å². The molecule has 1 rings (SSSR count). The molecule has 0 N–H and O–H groups in total. The van der Waals surface area contributed by atoms with E-state index in [2.05, 4.69) is 5.92 Å². The molecule has 4 nitrogen and oxygen atoms in total. The van der Waals surface area contributed by atoms with Crippen LogP contribution >= 0.6 is 0 Å². The number of nitrogens with zero attached hydrogens (tertiary/aromatic N) is 1. The minimum atomic E-state index is -0.468. The van der Waals surface area contributed by atoms with Crippen molar-refractivity contribution in [2.45, 2.75) is 51.7 Å². The second-order valence-corrected chi connectivity index (χ2v) is 5.95. The van der Waals surface area contributed by atoms with Crippen molar-refractivity contribution in [2.75, 3.05) is 19.7 Å². The second-order valence-electron chi connectivity index (χ2n) is 5.95. The Morgan fingerprint density at radius 1 is 1.50 bits per heavy atom. The number of terminal acetylenes is 1. The Labute approximate surface area is 110 Å². The van der Waals surface area contributed by atoms with Gasteiger partial charge in [-0.25, -0.2) is 4.79 Å². The van der Waals surface area contributed by atoms with Gasteiger partial charge in [0.25, 0.3) is 0 Å². The number of rotatable bonds is 2. The van der Waals surface area contributed by atoms with Crippen LogP contribution in [0.4, 0.5) is 4.79 Å². The standard InChI is InChI=1S/C14H23NO3/c1-6-10-17-14(5)8-7-9-15(11-14)12(16)18-13(2,3)4/h1H,7-11H2,2-5H3. The van der Waals surface area contributed by atoms with Crippen molar-refractivity contribution in [3.05, 3.63) is 0 Å². The van der Waals surface area contributed by atoms with Gasteiger partial charge in [0.2, 0.25) is 0 Å². The molecule has 0 spiro atoms. The van der Waals surface area contributed by atoms with Gasteiger partial charge in [-0.15, -0.1) is 6.42 Å². The zero-order chi connectivity index (χ0) is 13.8. The van der Waals surface area contributed by atoms with E-state index < -0.39 is 5.60 Å². The fourth-order valence-electron chi connectivity index (χ4n) is 2.02. The average Bonchev–Trinajstić information content (AvgIpc) is 2.24. The first-order chi connectivity index (χ1) is 8.26. The van der Waals surface area contributed by atoms with Crippen molar-refractivity contribution in [2.24, 2.45) is 0 Å². The lowest BCUT2D eigenvalue weighted by atomic mass is 9.95. The van der Waals surface area contributed by atoms with Crippen LogP contribution in [0.3, 0.4) is 0 Å². The summed E-state index contributed by atoms with van der Waals surface area (Å²) in [7, 11) is 0. The number of amides is 1. The van der Waals surface area contributed by atoms with E-state index in [4.69, 9.17) is 15.9 Å². The minimum absolute atomic E-state index is 0.276. The molecule has 0 aromatic rings. The summed E-state index contributed by atoms with van der Waals surface area (Å²) in [5.41, 5.74) is -0.827. The van der Waals surface area contributed by atoms with E-state index in [0.29, 0.717) is 13.1 Å². The molecule has 1 heterocycles. The van der Waals surface area contributed by atoms with Crippen LogP contribution in [0, 0.1) is 12.3 Å². The molecule has 1 aliphatic heterocycles. The SMILES string of the molecule is C#CCOC1(C)CCCN(C(=O)OC(C)(C)C)C1. The second kappa shape index (κ2) is 5.62. The first-order valence-corrected chi connectivity index (χ1v) is 6.31. The Hall–Kier alpha value is -1.21. The highest BCUT2D eigenvalue weighted by Gasteiger charge is 2.35. The molecule has 1 fully saturated rings. The van der Waals surface area contributed by atoms with Crippen molar-refractivity contribution in [3.63, 3.8) is 0 Å². The third-order valence-corrected chi connectivity index (χ3v) is 2.81. The number of piperidine rings is 1. The highest BCUT2D eigenvalue weighted by atomic mass is 16.6. The quantitative estimate of drug-likeness (QED) is 0.709. The van der Waals surface area contributed by atoms with Crippen LogP contribution in [0.2, 0.25) is 0 Å². The van der Waals surface area contributed by atoms with E-state index in [9.17, 15) is 4.79 Å². The molecule has 1 amide bonds. The van der Waals surface area contributed by atoms with Crippen LogP contribution in [0.25, 0.3) is 0 Å². The Bertz CT molecular complexity index is 340. The molecule has 0 aromatic heterocycles. The van der Waals surface area contributed by atoms with E-state index in [1.165, 1.54) is 0 Å². The number of carbonyl (C=O) groups excluding carboxylic acids is 1. The van der Waals surface area contributed by atoms with E-state index in [-0.39, 0.29) is 18.3 Å². The van der Waals surface area contributed by atoms with E-state index in [0.717, 1.165) is 12.8 Å². The summed E-state index contributed by atoms with van der Waals surface area (Å²) in [4.78, 5) is 13.7. The molecule has 1 saturated heterocycles. The number of carbonyl (C=O) groups is 1. The smallest absolute Gasteiger partial charge is 0.410 e. The van der Waals surface area contributed by atoms with Gasteiger partial charge in [0.1, 0.15) is 12.2 Å². The van der Waals surface area contributed by atoms with Gasteiger partial charge in [-0.3, -0.25) is 0 Å². The zero-order valence-electron chi connectivity index (χ0n) is 11.8. The van der Waals surface area contributed by atoms with Gasteiger partial charge in [-0.2, -0.15) is 0 Å². The van der Waals surface area contributed by atoms with Gasteiger partial charge < -0.3 is 14.4 Å². The fraction of sp³-hybridized carbons (Fsp3) is 0.786. The Morgan fingerprint density at radius 3 is 2.72 bits per heavy atom. The molecule has 0 radical (unpaired) electrons. The normalized spacial score (nSPS) is 24.5. The molecular formula is C14H23NO3. The highest BCUT2D eigenvalue weighted by Crippen LogP contribution is 2.25. The lowest BCUT2D eigenvalue weighted by Crippen LogP contribution is -2.51. The Morgan fingerprint density at radius 2 is 2.17 bits per heavy atom. The summed E-state index contributed by atoms with van der Waals surface area (Å²) in [6.45, 7) is 9.10. The number of hydrogen-bond acceptors (Lipinski definition) is 3. The predicted molar refractivity (Wildman–Crippen MR) is 70.2 cm³/mol. The van der Waals surface area contributed by atoms with Gasteiger partial charge in [-0.1, -0.05) is 5.92 Å². The third-order valence-electron chi connectivity index (χ3n) is 2.81. The lowest BCUT2D eigenvalue weighted by Gasteiger charge is -2.40. The largest absolute Gasteiger partial charge is 0.444 e. The van der Waals surface area contributed by atoms with Gasteiger partial charge in [0.15, 0.2) is 0 Å². The van der Waals surface area contributed by atoms with E-state index in [1.807, 2.05) is 27.7 Å². The van der Waals surface area contributed by atoms with Gasteiger partial charge >= 0.3 is 6.09 Å². The summed E-state index contributed by atoms with van der Waals surface area (Å²) in [5.74, 6) is 2.47. The molecule has 18 heavy (non-hydrogen) atoms. The van der Waals surface area contributed by atoms with Crippen molar-refractivity contribution in [1.82, 2.24) is 4.90 Å². The maximum absolute atomic E-state index is 12.0. The molecule has 0 bridgehead atoms. The van der Waals surface area contributed by atoms with Gasteiger partial charge in [0.05, 0.1) is 12.1 Å². The van der Waals surface area contributed by atoms with Crippen LogP contribution in [-0.4, -0.2) is 41.9 Å². The van der Waals surface area contributed by atoms with Crippen LogP contribution in [0.5, 0.6) is 0 Å².